The number of non-ortho nitro benzene ring substituents is 2. The molecule has 1 aliphatic rings. The van der Waals surface area contributed by atoms with Gasteiger partial charge in [-0.1, -0.05) is 12.1 Å². The minimum absolute atomic E-state index is 0.0187. The van der Waals surface area contributed by atoms with Gasteiger partial charge in [0.1, 0.15) is 12.1 Å². The van der Waals surface area contributed by atoms with Crippen LogP contribution in [0, 0.1) is 26.1 Å². The SMILES string of the molecule is C[C@H]1/C(=N\O)C[C@@H](c2ccc([N+](=O)[O-])cc2)[NH2+][C@H]1c1ccc([N+](=O)[O-])cc1. The fourth-order valence-corrected chi connectivity index (χ4v) is 3.53. The number of piperidine rings is 1. The number of nitrogens with zero attached hydrogens (tertiary/aromatic N) is 3. The molecule has 0 amide bonds. The molecular weight excluding hydrogens is 352 g/mol. The molecule has 0 aliphatic carbocycles. The zero-order valence-electron chi connectivity index (χ0n) is 14.6. The van der Waals surface area contributed by atoms with Crippen LogP contribution in [0.15, 0.2) is 53.7 Å². The van der Waals surface area contributed by atoms with Gasteiger partial charge in [0, 0.05) is 41.8 Å². The fourth-order valence-electron chi connectivity index (χ4n) is 3.53. The van der Waals surface area contributed by atoms with E-state index in [1.54, 1.807) is 24.3 Å². The average molecular weight is 371 g/mol. The molecule has 0 bridgehead atoms. The van der Waals surface area contributed by atoms with E-state index >= 15 is 0 Å². The highest BCUT2D eigenvalue weighted by molar-refractivity contribution is 5.87. The highest BCUT2D eigenvalue weighted by atomic mass is 16.6. The predicted octanol–water partition coefficient (Wildman–Crippen LogP) is 2.72. The van der Waals surface area contributed by atoms with E-state index < -0.39 is 9.85 Å². The minimum Gasteiger partial charge on any atom is -0.411 e. The number of hydrogen-bond donors (Lipinski definition) is 2. The molecular formula is C18H19N4O5+. The van der Waals surface area contributed by atoms with Gasteiger partial charge in [0.2, 0.25) is 0 Å². The van der Waals surface area contributed by atoms with Crippen molar-refractivity contribution in [2.24, 2.45) is 11.1 Å². The summed E-state index contributed by atoms with van der Waals surface area (Å²) < 4.78 is 0. The van der Waals surface area contributed by atoms with Crippen LogP contribution in [0.5, 0.6) is 0 Å². The van der Waals surface area contributed by atoms with Crippen LogP contribution in [0.3, 0.4) is 0 Å². The molecule has 3 N–H and O–H groups in total. The van der Waals surface area contributed by atoms with Gasteiger partial charge in [-0.15, -0.1) is 0 Å². The second kappa shape index (κ2) is 7.50. The molecule has 0 saturated carbocycles. The summed E-state index contributed by atoms with van der Waals surface area (Å²) in [4.78, 5) is 20.8. The molecule has 1 fully saturated rings. The predicted molar refractivity (Wildman–Crippen MR) is 96.6 cm³/mol. The van der Waals surface area contributed by atoms with Crippen molar-refractivity contribution in [3.05, 3.63) is 79.9 Å². The van der Waals surface area contributed by atoms with Crippen LogP contribution < -0.4 is 5.32 Å². The number of oxime groups is 1. The fraction of sp³-hybridized carbons (Fsp3) is 0.278. The largest absolute Gasteiger partial charge is 0.411 e. The van der Waals surface area contributed by atoms with Gasteiger partial charge in [-0.05, 0) is 24.3 Å². The number of quaternary nitrogens is 1. The summed E-state index contributed by atoms with van der Waals surface area (Å²) in [6.07, 6.45) is 0.513. The van der Waals surface area contributed by atoms with Gasteiger partial charge in [0.05, 0.1) is 21.5 Å². The molecule has 0 spiro atoms. The molecule has 2 aromatic carbocycles. The van der Waals surface area contributed by atoms with Crippen LogP contribution in [0.2, 0.25) is 0 Å². The second-order valence-electron chi connectivity index (χ2n) is 6.61. The zero-order chi connectivity index (χ0) is 19.6. The molecule has 0 unspecified atom stereocenters. The van der Waals surface area contributed by atoms with E-state index in [0.29, 0.717) is 12.1 Å². The van der Waals surface area contributed by atoms with Gasteiger partial charge in [0.15, 0.2) is 0 Å². The average Bonchev–Trinajstić information content (AvgIpc) is 2.68. The van der Waals surface area contributed by atoms with E-state index in [0.717, 1.165) is 11.1 Å². The molecule has 27 heavy (non-hydrogen) atoms. The molecule has 1 heterocycles. The Hall–Kier alpha value is -3.33. The van der Waals surface area contributed by atoms with Crippen LogP contribution in [0.1, 0.15) is 36.6 Å². The molecule has 1 saturated heterocycles. The Labute approximate surface area is 154 Å². The third-order valence-corrected chi connectivity index (χ3v) is 5.08. The Morgan fingerprint density at radius 1 is 0.963 bits per heavy atom. The lowest BCUT2D eigenvalue weighted by Gasteiger charge is -2.33. The molecule has 2 aromatic rings. The smallest absolute Gasteiger partial charge is 0.269 e. The van der Waals surface area contributed by atoms with Gasteiger partial charge >= 0.3 is 0 Å². The maximum Gasteiger partial charge on any atom is 0.269 e. The lowest BCUT2D eigenvalue weighted by molar-refractivity contribution is -0.741. The van der Waals surface area contributed by atoms with Crippen LogP contribution >= 0.6 is 0 Å². The number of benzene rings is 2. The summed E-state index contributed by atoms with van der Waals surface area (Å²) >= 11 is 0. The number of rotatable bonds is 4. The van der Waals surface area contributed by atoms with Crippen molar-refractivity contribution < 1.29 is 20.4 Å². The Balaban J connectivity index is 1.89. The summed E-state index contributed by atoms with van der Waals surface area (Å²) in [6.45, 7) is 1.95. The zero-order valence-corrected chi connectivity index (χ0v) is 14.6. The van der Waals surface area contributed by atoms with Crippen molar-refractivity contribution in [2.45, 2.75) is 25.4 Å². The lowest BCUT2D eigenvalue weighted by atomic mass is 9.81. The van der Waals surface area contributed by atoms with Crippen LogP contribution in [-0.2, 0) is 0 Å². The topological polar surface area (TPSA) is 135 Å². The van der Waals surface area contributed by atoms with Crippen LogP contribution in [0.4, 0.5) is 11.4 Å². The molecule has 140 valence electrons. The first-order valence-corrected chi connectivity index (χ1v) is 8.45. The number of nitro benzene ring substituents is 2. The lowest BCUT2D eigenvalue weighted by Crippen LogP contribution is -2.90. The maximum atomic E-state index is 10.9. The van der Waals surface area contributed by atoms with Crippen molar-refractivity contribution in [3.63, 3.8) is 0 Å². The molecule has 0 aromatic heterocycles. The third-order valence-electron chi connectivity index (χ3n) is 5.08. The first-order valence-electron chi connectivity index (χ1n) is 8.45. The second-order valence-corrected chi connectivity index (χ2v) is 6.61. The maximum absolute atomic E-state index is 10.9. The molecule has 1 aliphatic heterocycles. The first kappa shape index (κ1) is 18.5. The summed E-state index contributed by atoms with van der Waals surface area (Å²) in [5.74, 6) is -0.0641. The Kier molecular flexibility index (Phi) is 5.13. The highest BCUT2D eigenvalue weighted by Gasteiger charge is 2.38. The molecule has 9 nitrogen and oxygen atoms in total. The van der Waals surface area contributed by atoms with Gasteiger partial charge in [0.25, 0.3) is 11.4 Å². The Morgan fingerprint density at radius 2 is 1.44 bits per heavy atom. The summed E-state index contributed by atoms with van der Waals surface area (Å²) in [5, 5.41) is 36.7. The number of nitrogens with two attached hydrogens (primary N) is 1. The van der Waals surface area contributed by atoms with Crippen molar-refractivity contribution >= 4 is 17.1 Å². The van der Waals surface area contributed by atoms with Crippen LogP contribution in [0.25, 0.3) is 0 Å². The van der Waals surface area contributed by atoms with Gasteiger partial charge in [-0.2, -0.15) is 0 Å². The van der Waals surface area contributed by atoms with E-state index in [2.05, 4.69) is 10.5 Å². The van der Waals surface area contributed by atoms with Gasteiger partial charge in [-0.3, -0.25) is 20.2 Å². The van der Waals surface area contributed by atoms with E-state index in [4.69, 9.17) is 0 Å². The summed E-state index contributed by atoms with van der Waals surface area (Å²) in [6, 6.07) is 12.5. The first-order chi connectivity index (χ1) is 12.9. The highest BCUT2D eigenvalue weighted by Crippen LogP contribution is 2.31. The third kappa shape index (κ3) is 3.77. The van der Waals surface area contributed by atoms with Crippen molar-refractivity contribution in [1.29, 1.82) is 0 Å². The summed E-state index contributed by atoms with van der Waals surface area (Å²) in [7, 11) is 0. The van der Waals surface area contributed by atoms with Crippen molar-refractivity contribution in [1.82, 2.24) is 0 Å². The Bertz CT molecular complexity index is 880. The molecule has 0 radical (unpaired) electrons. The number of hydrogen-bond acceptors (Lipinski definition) is 6. The van der Waals surface area contributed by atoms with E-state index in [1.807, 2.05) is 6.92 Å². The van der Waals surface area contributed by atoms with E-state index in [9.17, 15) is 25.4 Å². The minimum atomic E-state index is -0.448. The Morgan fingerprint density at radius 3 is 1.89 bits per heavy atom. The van der Waals surface area contributed by atoms with E-state index in [-0.39, 0.29) is 29.4 Å². The molecule has 3 atom stereocenters. The quantitative estimate of drug-likeness (QED) is 0.484. The van der Waals surface area contributed by atoms with Crippen molar-refractivity contribution in [2.75, 3.05) is 0 Å². The molecule has 9 heteroatoms. The standard InChI is InChI=1S/C18H18N4O5/c1-11-16(20-23)10-17(12-2-6-14(7-3-12)21(24)25)19-18(11)13-4-8-15(9-5-13)22(26)27/h2-9,11,17-19,23H,10H2,1H3/p+1/b20-16-/t11-,17-,18+/m0/s1. The molecule has 3 rings (SSSR count). The normalized spacial score (nSPS) is 23.9. The summed E-state index contributed by atoms with van der Waals surface area (Å²) in [5.41, 5.74) is 2.45. The monoisotopic (exact) mass is 371 g/mol. The van der Waals surface area contributed by atoms with Gasteiger partial charge < -0.3 is 10.5 Å². The van der Waals surface area contributed by atoms with E-state index in [1.165, 1.54) is 24.3 Å². The van der Waals surface area contributed by atoms with Gasteiger partial charge in [-0.25, -0.2) is 0 Å². The van der Waals surface area contributed by atoms with Crippen LogP contribution in [-0.4, -0.2) is 20.8 Å². The van der Waals surface area contributed by atoms with Crippen molar-refractivity contribution in [3.8, 4) is 0 Å². The number of nitro groups is 2.